The van der Waals surface area contributed by atoms with Crippen LogP contribution in [0.3, 0.4) is 0 Å². The number of alkyl halides is 2. The molecule has 2 rings (SSSR count). The summed E-state index contributed by atoms with van der Waals surface area (Å²) >= 11 is 0. The summed E-state index contributed by atoms with van der Waals surface area (Å²) in [4.78, 5) is 22.0. The van der Waals surface area contributed by atoms with Gasteiger partial charge in [0.25, 0.3) is 0 Å². The molecule has 0 unspecified atom stereocenters. The van der Waals surface area contributed by atoms with Crippen molar-refractivity contribution in [2.45, 2.75) is 57.5 Å². The average Bonchev–Trinajstić information content (AvgIpc) is 2.60. The number of hydrogen-bond acceptors (Lipinski definition) is 5. The molecule has 0 heterocycles. The Balaban J connectivity index is 1.95. The van der Waals surface area contributed by atoms with Crippen molar-refractivity contribution < 1.29 is 33.0 Å². The second-order valence-electron chi connectivity index (χ2n) is 7.13. The van der Waals surface area contributed by atoms with Crippen LogP contribution in [0.25, 0.3) is 0 Å². The lowest BCUT2D eigenvalue weighted by molar-refractivity contribution is -0.331. The summed E-state index contributed by atoms with van der Waals surface area (Å²) in [6.45, 7) is 2.50. The molecule has 0 saturated heterocycles. The highest BCUT2D eigenvalue weighted by Gasteiger charge is 2.34. The van der Waals surface area contributed by atoms with E-state index < -0.39 is 24.5 Å². The molecule has 26 heavy (non-hydrogen) atoms. The third-order valence-corrected chi connectivity index (χ3v) is 4.74. The van der Waals surface area contributed by atoms with Gasteiger partial charge in [-0.1, -0.05) is 19.3 Å². The SMILES string of the molecule is CC(C)(Oc1ccc(C(=O)OCC(F)(F)C(=O)[O-])cc1)C1CCCCC1. The quantitative estimate of drug-likeness (QED) is 0.691. The molecule has 0 N–H and O–H groups in total. The first-order chi connectivity index (χ1) is 12.1. The van der Waals surface area contributed by atoms with Crippen molar-refractivity contribution in [1.82, 2.24) is 0 Å². The maximum atomic E-state index is 12.9. The van der Waals surface area contributed by atoms with E-state index in [0.29, 0.717) is 11.7 Å². The van der Waals surface area contributed by atoms with Crippen molar-refractivity contribution in [2.24, 2.45) is 5.92 Å². The molecule has 1 saturated carbocycles. The molecule has 0 aliphatic heterocycles. The van der Waals surface area contributed by atoms with E-state index in [2.05, 4.69) is 4.74 Å². The van der Waals surface area contributed by atoms with Crippen LogP contribution >= 0.6 is 0 Å². The summed E-state index contributed by atoms with van der Waals surface area (Å²) in [7, 11) is 0. The van der Waals surface area contributed by atoms with Gasteiger partial charge < -0.3 is 19.4 Å². The van der Waals surface area contributed by atoms with E-state index in [4.69, 9.17) is 4.74 Å². The number of carbonyl (C=O) groups excluding carboxylic acids is 2. The van der Waals surface area contributed by atoms with Gasteiger partial charge in [-0.15, -0.1) is 0 Å². The lowest BCUT2D eigenvalue weighted by atomic mass is 9.79. The summed E-state index contributed by atoms with van der Waals surface area (Å²) < 4.78 is 36.2. The summed E-state index contributed by atoms with van der Waals surface area (Å²) in [6.07, 6.45) is 5.87. The minimum atomic E-state index is -4.22. The van der Waals surface area contributed by atoms with Gasteiger partial charge in [0.2, 0.25) is 0 Å². The van der Waals surface area contributed by atoms with Crippen molar-refractivity contribution >= 4 is 11.9 Å². The zero-order valence-corrected chi connectivity index (χ0v) is 14.9. The molecule has 0 amide bonds. The van der Waals surface area contributed by atoms with Crippen LogP contribution < -0.4 is 9.84 Å². The topological polar surface area (TPSA) is 75.7 Å². The number of carboxylic acid groups (broad SMARTS) is 1. The molecular weight excluding hydrogens is 346 g/mol. The number of rotatable bonds is 7. The lowest BCUT2D eigenvalue weighted by Gasteiger charge is -2.37. The van der Waals surface area contributed by atoms with E-state index in [1.807, 2.05) is 13.8 Å². The largest absolute Gasteiger partial charge is 0.544 e. The van der Waals surface area contributed by atoms with Gasteiger partial charge in [0.05, 0.1) is 5.56 Å². The number of carbonyl (C=O) groups is 2. The van der Waals surface area contributed by atoms with Crippen molar-refractivity contribution in [3.63, 3.8) is 0 Å². The highest BCUT2D eigenvalue weighted by Crippen LogP contribution is 2.35. The van der Waals surface area contributed by atoms with Gasteiger partial charge in [-0.05, 0) is 56.9 Å². The van der Waals surface area contributed by atoms with Gasteiger partial charge in [0.1, 0.15) is 17.3 Å². The molecule has 1 aromatic carbocycles. The third-order valence-electron chi connectivity index (χ3n) is 4.74. The molecule has 0 aromatic heterocycles. The fourth-order valence-corrected chi connectivity index (χ4v) is 3.14. The van der Waals surface area contributed by atoms with Crippen LogP contribution in [0.15, 0.2) is 24.3 Å². The van der Waals surface area contributed by atoms with Crippen LogP contribution in [0, 0.1) is 5.92 Å². The minimum absolute atomic E-state index is 0.0296. The van der Waals surface area contributed by atoms with Gasteiger partial charge in [0, 0.05) is 0 Å². The second-order valence-corrected chi connectivity index (χ2v) is 7.13. The van der Waals surface area contributed by atoms with Crippen LogP contribution in [-0.4, -0.2) is 30.1 Å². The Hall–Kier alpha value is -2.18. The standard InChI is InChI=1S/C19H24F2O5/c1-18(2,14-6-4-3-5-7-14)26-15-10-8-13(9-11-15)16(22)25-12-19(20,21)17(23)24/h8-11,14H,3-7,12H2,1-2H3,(H,23,24)/p-1. The zero-order chi connectivity index (χ0) is 19.4. The van der Waals surface area contributed by atoms with Gasteiger partial charge in [0.15, 0.2) is 6.61 Å². The van der Waals surface area contributed by atoms with E-state index >= 15 is 0 Å². The van der Waals surface area contributed by atoms with Crippen molar-refractivity contribution in [3.8, 4) is 5.75 Å². The van der Waals surface area contributed by atoms with Gasteiger partial charge in [-0.3, -0.25) is 0 Å². The monoisotopic (exact) mass is 369 g/mol. The predicted molar refractivity (Wildman–Crippen MR) is 88.0 cm³/mol. The van der Waals surface area contributed by atoms with E-state index in [9.17, 15) is 23.5 Å². The molecule has 1 aliphatic rings. The normalized spacial score (nSPS) is 16.2. The molecule has 7 heteroatoms. The van der Waals surface area contributed by atoms with Gasteiger partial charge in [-0.25, -0.2) is 4.79 Å². The van der Waals surface area contributed by atoms with E-state index in [1.165, 1.54) is 31.4 Å². The Labute approximate surface area is 151 Å². The molecular formula is C19H23F2O5-. The van der Waals surface area contributed by atoms with Crippen LogP contribution in [0.1, 0.15) is 56.3 Å². The molecule has 0 spiro atoms. The predicted octanol–water partition coefficient (Wildman–Crippen LogP) is 2.97. The summed E-state index contributed by atoms with van der Waals surface area (Å²) in [5.74, 6) is -6.82. The number of ether oxygens (including phenoxy) is 2. The summed E-state index contributed by atoms with van der Waals surface area (Å²) in [6, 6.07) is 5.92. The van der Waals surface area contributed by atoms with Crippen LogP contribution in [-0.2, 0) is 9.53 Å². The molecule has 5 nitrogen and oxygen atoms in total. The number of carboxylic acids is 1. The smallest absolute Gasteiger partial charge is 0.338 e. The second kappa shape index (κ2) is 8.01. The minimum Gasteiger partial charge on any atom is -0.544 e. The number of halogens is 2. The average molecular weight is 369 g/mol. The Morgan fingerprint density at radius 1 is 1.12 bits per heavy atom. The number of benzene rings is 1. The van der Waals surface area contributed by atoms with Crippen molar-refractivity contribution in [3.05, 3.63) is 29.8 Å². The Kier molecular flexibility index (Phi) is 6.21. The van der Waals surface area contributed by atoms with Gasteiger partial charge >= 0.3 is 11.9 Å². The molecule has 1 fully saturated rings. The maximum Gasteiger partial charge on any atom is 0.338 e. The molecule has 0 bridgehead atoms. The number of hydrogen-bond donors (Lipinski definition) is 0. The highest BCUT2D eigenvalue weighted by atomic mass is 19.3. The lowest BCUT2D eigenvalue weighted by Crippen LogP contribution is -2.45. The molecule has 144 valence electrons. The fraction of sp³-hybridized carbons (Fsp3) is 0.579. The molecule has 0 radical (unpaired) electrons. The first-order valence-electron chi connectivity index (χ1n) is 8.67. The summed E-state index contributed by atoms with van der Waals surface area (Å²) in [5, 5.41) is 10.2. The third kappa shape index (κ3) is 5.16. The molecule has 0 atom stereocenters. The van der Waals surface area contributed by atoms with Crippen LogP contribution in [0.5, 0.6) is 5.75 Å². The van der Waals surface area contributed by atoms with Gasteiger partial charge in [-0.2, -0.15) is 8.78 Å². The Morgan fingerprint density at radius 3 is 2.23 bits per heavy atom. The number of aliphatic carboxylic acids is 1. The highest BCUT2D eigenvalue weighted by molar-refractivity contribution is 5.89. The first-order valence-corrected chi connectivity index (χ1v) is 8.67. The fourth-order valence-electron chi connectivity index (χ4n) is 3.14. The van der Waals surface area contributed by atoms with E-state index in [0.717, 1.165) is 12.8 Å². The maximum absolute atomic E-state index is 12.9. The zero-order valence-electron chi connectivity index (χ0n) is 14.9. The van der Waals surface area contributed by atoms with E-state index in [1.54, 1.807) is 12.1 Å². The number of esters is 1. The van der Waals surface area contributed by atoms with E-state index in [-0.39, 0.29) is 11.2 Å². The Bertz CT molecular complexity index is 634. The van der Waals surface area contributed by atoms with Crippen molar-refractivity contribution in [2.75, 3.05) is 6.61 Å². The van der Waals surface area contributed by atoms with Crippen LogP contribution in [0.4, 0.5) is 8.78 Å². The Morgan fingerprint density at radius 2 is 1.69 bits per heavy atom. The van der Waals surface area contributed by atoms with Crippen molar-refractivity contribution in [1.29, 1.82) is 0 Å². The first kappa shape index (κ1) is 20.1. The summed E-state index contributed by atoms with van der Waals surface area (Å²) in [5.41, 5.74) is -0.319. The molecule has 1 aromatic rings. The van der Waals surface area contributed by atoms with Crippen LogP contribution in [0.2, 0.25) is 0 Å². The molecule has 1 aliphatic carbocycles.